The fraction of sp³-hybridized carbons (Fsp3) is 0.231. The highest BCUT2D eigenvalue weighted by atomic mass is 32.2. The monoisotopic (exact) mass is 446 g/mol. The molecule has 0 saturated heterocycles. The molecule has 164 valence electrons. The zero-order chi connectivity index (χ0) is 22.7. The van der Waals surface area contributed by atoms with Crippen molar-refractivity contribution in [2.45, 2.75) is 36.6 Å². The van der Waals surface area contributed by atoms with Crippen molar-refractivity contribution in [3.8, 4) is 0 Å². The van der Waals surface area contributed by atoms with Crippen LogP contribution >= 0.6 is 0 Å². The molecule has 5 nitrogen and oxygen atoms in total. The van der Waals surface area contributed by atoms with Crippen molar-refractivity contribution in [2.75, 3.05) is 11.4 Å². The Hall–Kier alpha value is -3.25. The minimum atomic E-state index is -1.53. The second-order valence-corrected chi connectivity index (χ2v) is 9.68. The Labute approximate surface area is 190 Å². The van der Waals surface area contributed by atoms with Gasteiger partial charge in [0.1, 0.15) is 0 Å². The minimum absolute atomic E-state index is 0.201. The van der Waals surface area contributed by atoms with Gasteiger partial charge < -0.3 is 10.2 Å². The average Bonchev–Trinajstić information content (AvgIpc) is 2.89. The molecule has 6 heteroatoms. The summed E-state index contributed by atoms with van der Waals surface area (Å²) in [7, 11) is -1.53. The van der Waals surface area contributed by atoms with E-state index >= 15 is 0 Å². The number of hydrogen-bond acceptors (Lipinski definition) is 3. The molecule has 1 heterocycles. The molecule has 0 bridgehead atoms. The number of carbonyl (C=O) groups is 2. The van der Waals surface area contributed by atoms with E-state index in [9.17, 15) is 13.8 Å². The normalized spacial score (nSPS) is 15.2. The second kappa shape index (κ2) is 9.49. The topological polar surface area (TPSA) is 66.5 Å². The first kappa shape index (κ1) is 22.0. The van der Waals surface area contributed by atoms with E-state index in [0.717, 1.165) is 12.0 Å². The van der Waals surface area contributed by atoms with Gasteiger partial charge in [0.25, 0.3) is 11.8 Å². The third-order valence-corrected chi connectivity index (χ3v) is 6.96. The van der Waals surface area contributed by atoms with E-state index in [1.165, 1.54) is 0 Å². The van der Waals surface area contributed by atoms with Gasteiger partial charge in [-0.3, -0.25) is 9.59 Å². The first-order valence-electron chi connectivity index (χ1n) is 10.7. The molecule has 1 aliphatic heterocycles. The van der Waals surface area contributed by atoms with Crippen LogP contribution in [0, 0.1) is 5.92 Å². The first-order chi connectivity index (χ1) is 15.5. The fourth-order valence-corrected chi connectivity index (χ4v) is 5.05. The molecular formula is C26H26N2O3S. The molecule has 1 N–H and O–H groups in total. The quantitative estimate of drug-likeness (QED) is 0.592. The number of anilines is 1. The SMILES string of the molecule is CC(C)CCNC(=O)c1ccc2c(c1)N(Cc1ccccc1)C(=O)c1ccccc1[S@@]2=O. The molecule has 32 heavy (non-hydrogen) atoms. The molecular weight excluding hydrogens is 420 g/mol. The molecule has 0 radical (unpaired) electrons. The summed E-state index contributed by atoms with van der Waals surface area (Å²) in [5, 5.41) is 2.94. The summed E-state index contributed by atoms with van der Waals surface area (Å²) in [6, 6.07) is 21.7. The third-order valence-electron chi connectivity index (χ3n) is 5.46. The molecule has 2 amide bonds. The lowest BCUT2D eigenvalue weighted by Crippen LogP contribution is -2.31. The maximum absolute atomic E-state index is 13.6. The van der Waals surface area contributed by atoms with Crippen molar-refractivity contribution < 1.29 is 13.8 Å². The number of benzene rings is 3. The number of nitrogens with zero attached hydrogens (tertiary/aromatic N) is 1. The van der Waals surface area contributed by atoms with Gasteiger partial charge in [-0.25, -0.2) is 4.21 Å². The minimum Gasteiger partial charge on any atom is -0.352 e. The predicted octanol–water partition coefficient (Wildman–Crippen LogP) is 4.79. The predicted molar refractivity (Wildman–Crippen MR) is 126 cm³/mol. The Bertz CT molecular complexity index is 1170. The molecule has 0 fully saturated rings. The first-order valence-corrected chi connectivity index (χ1v) is 11.9. The van der Waals surface area contributed by atoms with Crippen molar-refractivity contribution in [2.24, 2.45) is 5.92 Å². The Morgan fingerprint density at radius 2 is 1.69 bits per heavy atom. The van der Waals surface area contributed by atoms with Crippen LogP contribution in [0.1, 0.15) is 46.5 Å². The fourth-order valence-electron chi connectivity index (χ4n) is 3.70. The van der Waals surface area contributed by atoms with Gasteiger partial charge in [0.05, 0.1) is 38.4 Å². The molecule has 4 rings (SSSR count). The van der Waals surface area contributed by atoms with Crippen molar-refractivity contribution >= 4 is 28.3 Å². The highest BCUT2D eigenvalue weighted by Gasteiger charge is 2.31. The Kier molecular flexibility index (Phi) is 6.51. The summed E-state index contributed by atoms with van der Waals surface area (Å²) in [6.45, 7) is 5.11. The third kappa shape index (κ3) is 4.50. The Balaban J connectivity index is 1.77. The number of amides is 2. The number of hydrogen-bond donors (Lipinski definition) is 1. The van der Waals surface area contributed by atoms with E-state index < -0.39 is 10.8 Å². The zero-order valence-electron chi connectivity index (χ0n) is 18.2. The highest BCUT2D eigenvalue weighted by molar-refractivity contribution is 7.85. The van der Waals surface area contributed by atoms with Gasteiger partial charge in [0.2, 0.25) is 0 Å². The van der Waals surface area contributed by atoms with Gasteiger partial charge >= 0.3 is 0 Å². The number of nitrogens with one attached hydrogen (secondary N) is 1. The Morgan fingerprint density at radius 1 is 0.969 bits per heavy atom. The lowest BCUT2D eigenvalue weighted by Gasteiger charge is -2.23. The van der Waals surface area contributed by atoms with Crippen molar-refractivity contribution in [1.82, 2.24) is 5.32 Å². The van der Waals surface area contributed by atoms with Gasteiger partial charge in [-0.15, -0.1) is 0 Å². The number of rotatable bonds is 6. The van der Waals surface area contributed by atoms with E-state index in [1.54, 1.807) is 47.4 Å². The number of fused-ring (bicyclic) bond motifs is 2. The van der Waals surface area contributed by atoms with Gasteiger partial charge in [0, 0.05) is 12.1 Å². The maximum atomic E-state index is 13.6. The number of carbonyl (C=O) groups excluding carboxylic acids is 2. The van der Waals surface area contributed by atoms with E-state index in [2.05, 4.69) is 19.2 Å². The summed E-state index contributed by atoms with van der Waals surface area (Å²) in [5.41, 5.74) is 2.32. The molecule has 0 aliphatic carbocycles. The van der Waals surface area contributed by atoms with Crippen LogP contribution in [0.3, 0.4) is 0 Å². The highest BCUT2D eigenvalue weighted by Crippen LogP contribution is 2.36. The van der Waals surface area contributed by atoms with Gasteiger partial charge in [-0.1, -0.05) is 56.3 Å². The molecule has 0 saturated carbocycles. The zero-order valence-corrected chi connectivity index (χ0v) is 19.0. The molecule has 1 atom stereocenters. The summed E-state index contributed by atoms with van der Waals surface area (Å²) in [5.74, 6) is 0.0595. The van der Waals surface area contributed by atoms with E-state index in [4.69, 9.17) is 0 Å². The van der Waals surface area contributed by atoms with Crippen LogP contribution in [-0.4, -0.2) is 22.6 Å². The second-order valence-electron chi connectivity index (χ2n) is 8.26. The van der Waals surface area contributed by atoms with Crippen molar-refractivity contribution in [3.63, 3.8) is 0 Å². The Morgan fingerprint density at radius 3 is 2.44 bits per heavy atom. The van der Waals surface area contributed by atoms with Crippen LogP contribution in [0.4, 0.5) is 5.69 Å². The molecule has 3 aromatic carbocycles. The van der Waals surface area contributed by atoms with Crippen LogP contribution in [0.2, 0.25) is 0 Å². The summed E-state index contributed by atoms with van der Waals surface area (Å²) < 4.78 is 13.4. The standard InChI is InChI=1S/C26H26N2O3S/c1-18(2)14-15-27-25(29)20-12-13-24-22(16-20)28(17-19-8-4-3-5-9-19)26(30)21-10-6-7-11-23(21)32(24)31/h3-13,16,18H,14-15,17H2,1-2H3,(H,27,29)/t32-/m0/s1. The molecule has 0 unspecified atom stereocenters. The van der Waals surface area contributed by atoms with Crippen LogP contribution in [-0.2, 0) is 17.3 Å². The maximum Gasteiger partial charge on any atom is 0.259 e. The van der Waals surface area contributed by atoms with Gasteiger partial charge in [0.15, 0.2) is 0 Å². The summed E-state index contributed by atoms with van der Waals surface area (Å²) in [4.78, 5) is 29.0. The van der Waals surface area contributed by atoms with Gasteiger partial charge in [-0.2, -0.15) is 0 Å². The molecule has 0 aromatic heterocycles. The summed E-state index contributed by atoms with van der Waals surface area (Å²) >= 11 is 0. The van der Waals surface area contributed by atoms with Crippen molar-refractivity contribution in [3.05, 3.63) is 89.5 Å². The molecule has 3 aromatic rings. The molecule has 0 spiro atoms. The van der Waals surface area contributed by atoms with E-state index in [0.29, 0.717) is 45.6 Å². The van der Waals surface area contributed by atoms with E-state index in [-0.39, 0.29) is 11.8 Å². The van der Waals surface area contributed by atoms with Crippen LogP contribution in [0.5, 0.6) is 0 Å². The summed E-state index contributed by atoms with van der Waals surface area (Å²) in [6.07, 6.45) is 0.884. The average molecular weight is 447 g/mol. The lowest BCUT2D eigenvalue weighted by atomic mass is 10.1. The molecule has 1 aliphatic rings. The van der Waals surface area contributed by atoms with Crippen LogP contribution in [0.25, 0.3) is 0 Å². The largest absolute Gasteiger partial charge is 0.352 e. The smallest absolute Gasteiger partial charge is 0.259 e. The van der Waals surface area contributed by atoms with Crippen molar-refractivity contribution in [1.29, 1.82) is 0 Å². The van der Waals surface area contributed by atoms with Gasteiger partial charge in [-0.05, 0) is 48.2 Å². The van der Waals surface area contributed by atoms with Crippen LogP contribution < -0.4 is 10.2 Å². The lowest BCUT2D eigenvalue weighted by molar-refractivity contribution is 0.0948. The van der Waals surface area contributed by atoms with Crippen LogP contribution in [0.15, 0.2) is 82.6 Å². The van der Waals surface area contributed by atoms with E-state index in [1.807, 2.05) is 30.3 Å².